The van der Waals surface area contributed by atoms with Crippen LogP contribution in [-0.4, -0.2) is 49.1 Å². The monoisotopic (exact) mass is 407 g/mol. The third-order valence-electron chi connectivity index (χ3n) is 3.64. The van der Waals surface area contributed by atoms with E-state index < -0.39 is 0 Å². The Bertz CT molecular complexity index is 487. The Balaban J connectivity index is 0. The van der Waals surface area contributed by atoms with Crippen molar-refractivity contribution >= 4 is 30.7 Å². The average molecular weight is 408 g/mol. The summed E-state index contributed by atoms with van der Waals surface area (Å²) >= 11 is 0. The van der Waals surface area contributed by atoms with E-state index in [0.29, 0.717) is 5.75 Å². The Morgan fingerprint density at radius 3 is 2.15 bits per heavy atom. The fourth-order valence-electron chi connectivity index (χ4n) is 2.32. The van der Waals surface area contributed by atoms with E-state index in [2.05, 4.69) is 29.4 Å². The maximum absolute atomic E-state index is 11.7. The first-order valence-electron chi connectivity index (χ1n) is 8.80. The zero-order valence-electron chi connectivity index (χ0n) is 16.6. The standard InChI is InChI=1S/C19H33N3O2.2ClH/c1-6-22(7-2)13-12-20-14-16-8-10-17(11-9-16)24-15-18(23)21-19(3,4)5;;/h8-11,20H,6-7,12-15H2,1-5H3,(H,21,23);2*1H. The lowest BCUT2D eigenvalue weighted by Crippen LogP contribution is -2.43. The van der Waals surface area contributed by atoms with E-state index in [1.54, 1.807) is 0 Å². The van der Waals surface area contributed by atoms with Crippen molar-refractivity contribution in [2.75, 3.05) is 32.8 Å². The maximum Gasteiger partial charge on any atom is 0.258 e. The Kier molecular flexibility index (Phi) is 14.8. The topological polar surface area (TPSA) is 53.6 Å². The fraction of sp³-hybridized carbons (Fsp3) is 0.632. The van der Waals surface area contributed by atoms with Crippen LogP contribution in [0.4, 0.5) is 0 Å². The van der Waals surface area contributed by atoms with Crippen LogP contribution in [0, 0.1) is 0 Å². The number of carbonyl (C=O) groups excluding carboxylic acids is 1. The van der Waals surface area contributed by atoms with Crippen molar-refractivity contribution in [1.29, 1.82) is 0 Å². The number of carbonyl (C=O) groups is 1. The summed E-state index contributed by atoms with van der Waals surface area (Å²) in [6.07, 6.45) is 0. The summed E-state index contributed by atoms with van der Waals surface area (Å²) in [4.78, 5) is 14.1. The van der Waals surface area contributed by atoms with Gasteiger partial charge < -0.3 is 20.3 Å². The Morgan fingerprint density at radius 1 is 1.08 bits per heavy atom. The number of amides is 1. The molecule has 0 atom stereocenters. The fourth-order valence-corrected chi connectivity index (χ4v) is 2.32. The molecule has 0 aliphatic heterocycles. The zero-order chi connectivity index (χ0) is 18.0. The molecule has 7 heteroatoms. The van der Waals surface area contributed by atoms with Crippen molar-refractivity contribution in [3.63, 3.8) is 0 Å². The van der Waals surface area contributed by atoms with Crippen molar-refractivity contribution in [2.24, 2.45) is 0 Å². The van der Waals surface area contributed by atoms with Gasteiger partial charge in [-0.25, -0.2) is 0 Å². The van der Waals surface area contributed by atoms with Gasteiger partial charge >= 0.3 is 0 Å². The molecule has 0 bridgehead atoms. The smallest absolute Gasteiger partial charge is 0.258 e. The van der Waals surface area contributed by atoms with E-state index in [4.69, 9.17) is 4.74 Å². The first-order valence-corrected chi connectivity index (χ1v) is 8.80. The van der Waals surface area contributed by atoms with Crippen LogP contribution >= 0.6 is 24.8 Å². The zero-order valence-corrected chi connectivity index (χ0v) is 18.3. The number of rotatable bonds is 10. The number of hydrogen-bond acceptors (Lipinski definition) is 4. The van der Waals surface area contributed by atoms with E-state index in [1.807, 2.05) is 45.0 Å². The number of benzene rings is 1. The molecule has 0 heterocycles. The first-order chi connectivity index (χ1) is 11.3. The van der Waals surface area contributed by atoms with Gasteiger partial charge in [-0.3, -0.25) is 4.79 Å². The number of hydrogen-bond donors (Lipinski definition) is 2. The number of likely N-dealkylation sites (N-methyl/N-ethyl adjacent to an activating group) is 1. The van der Waals surface area contributed by atoms with Crippen LogP contribution in [0.25, 0.3) is 0 Å². The third kappa shape index (κ3) is 12.4. The second-order valence-electron chi connectivity index (χ2n) is 6.93. The second-order valence-corrected chi connectivity index (χ2v) is 6.93. The summed E-state index contributed by atoms with van der Waals surface area (Å²) < 4.78 is 5.52. The third-order valence-corrected chi connectivity index (χ3v) is 3.64. The van der Waals surface area contributed by atoms with Gasteiger partial charge in [0.25, 0.3) is 5.91 Å². The summed E-state index contributed by atoms with van der Waals surface area (Å²) in [5.74, 6) is 0.607. The van der Waals surface area contributed by atoms with Gasteiger partial charge in [0.15, 0.2) is 6.61 Å². The second kappa shape index (κ2) is 14.1. The van der Waals surface area contributed by atoms with E-state index in [1.165, 1.54) is 5.56 Å². The van der Waals surface area contributed by atoms with Crippen LogP contribution < -0.4 is 15.4 Å². The lowest BCUT2D eigenvalue weighted by molar-refractivity contribution is -0.124. The molecule has 0 saturated carbocycles. The summed E-state index contributed by atoms with van der Waals surface area (Å²) in [5, 5.41) is 6.33. The molecular weight excluding hydrogens is 373 g/mol. The molecule has 1 aromatic rings. The molecule has 0 aliphatic carbocycles. The Morgan fingerprint density at radius 2 is 1.65 bits per heavy atom. The lowest BCUT2D eigenvalue weighted by Gasteiger charge is -2.20. The maximum atomic E-state index is 11.7. The van der Waals surface area contributed by atoms with Crippen molar-refractivity contribution in [1.82, 2.24) is 15.5 Å². The summed E-state index contributed by atoms with van der Waals surface area (Å²) in [6, 6.07) is 7.88. The first kappa shape index (κ1) is 27.2. The SMILES string of the molecule is CCN(CC)CCNCc1ccc(OCC(=O)NC(C)(C)C)cc1.Cl.Cl. The molecule has 0 aromatic heterocycles. The molecule has 0 saturated heterocycles. The van der Waals surface area contributed by atoms with Gasteiger partial charge in [0.1, 0.15) is 5.75 Å². The highest BCUT2D eigenvalue weighted by Gasteiger charge is 2.13. The van der Waals surface area contributed by atoms with Gasteiger partial charge in [-0.15, -0.1) is 24.8 Å². The van der Waals surface area contributed by atoms with Crippen LogP contribution in [0.2, 0.25) is 0 Å². The van der Waals surface area contributed by atoms with Crippen LogP contribution in [0.5, 0.6) is 5.75 Å². The number of nitrogens with zero attached hydrogens (tertiary/aromatic N) is 1. The molecule has 1 aromatic carbocycles. The minimum Gasteiger partial charge on any atom is -0.484 e. The molecule has 0 spiro atoms. The van der Waals surface area contributed by atoms with Crippen LogP contribution in [0.1, 0.15) is 40.2 Å². The Hall–Kier alpha value is -1.01. The van der Waals surface area contributed by atoms with Crippen LogP contribution in [0.3, 0.4) is 0 Å². The largest absolute Gasteiger partial charge is 0.484 e. The van der Waals surface area contributed by atoms with Gasteiger partial charge in [0.2, 0.25) is 0 Å². The lowest BCUT2D eigenvalue weighted by atomic mass is 10.1. The summed E-state index contributed by atoms with van der Waals surface area (Å²) in [7, 11) is 0. The van der Waals surface area contributed by atoms with Gasteiger partial charge in [-0.05, 0) is 51.6 Å². The van der Waals surface area contributed by atoms with E-state index in [9.17, 15) is 4.79 Å². The molecule has 5 nitrogen and oxygen atoms in total. The van der Waals surface area contributed by atoms with Crippen LogP contribution in [0.15, 0.2) is 24.3 Å². The molecule has 0 aliphatic rings. The summed E-state index contributed by atoms with van der Waals surface area (Å²) in [5.41, 5.74) is 0.974. The molecule has 0 radical (unpaired) electrons. The molecule has 1 amide bonds. The summed E-state index contributed by atoms with van der Waals surface area (Å²) in [6.45, 7) is 15.3. The van der Waals surface area contributed by atoms with Crippen molar-refractivity contribution in [2.45, 2.75) is 46.7 Å². The average Bonchev–Trinajstić information content (AvgIpc) is 2.52. The Labute approximate surface area is 171 Å². The molecule has 0 fully saturated rings. The van der Waals surface area contributed by atoms with Gasteiger partial charge in [0, 0.05) is 25.2 Å². The van der Waals surface area contributed by atoms with Crippen molar-refractivity contribution in [3.05, 3.63) is 29.8 Å². The minimum atomic E-state index is -0.235. The molecule has 152 valence electrons. The molecule has 1 rings (SSSR count). The predicted molar refractivity (Wildman–Crippen MR) is 114 cm³/mol. The van der Waals surface area contributed by atoms with E-state index >= 15 is 0 Å². The van der Waals surface area contributed by atoms with Gasteiger partial charge in [-0.1, -0.05) is 26.0 Å². The predicted octanol–water partition coefficient (Wildman–Crippen LogP) is 3.26. The van der Waals surface area contributed by atoms with Crippen molar-refractivity contribution < 1.29 is 9.53 Å². The number of halogens is 2. The number of nitrogens with one attached hydrogen (secondary N) is 2. The van der Waals surface area contributed by atoms with Crippen LogP contribution in [-0.2, 0) is 11.3 Å². The van der Waals surface area contributed by atoms with Gasteiger partial charge in [-0.2, -0.15) is 0 Å². The number of ether oxygens (including phenoxy) is 1. The quantitative estimate of drug-likeness (QED) is 0.584. The van der Waals surface area contributed by atoms with E-state index in [-0.39, 0.29) is 42.9 Å². The highest BCUT2D eigenvalue weighted by Crippen LogP contribution is 2.12. The van der Waals surface area contributed by atoms with E-state index in [0.717, 1.165) is 32.7 Å². The minimum absolute atomic E-state index is 0. The van der Waals surface area contributed by atoms with Gasteiger partial charge in [0.05, 0.1) is 0 Å². The molecule has 26 heavy (non-hydrogen) atoms. The molecule has 0 unspecified atom stereocenters. The highest BCUT2D eigenvalue weighted by molar-refractivity contribution is 5.85. The van der Waals surface area contributed by atoms with Crippen molar-refractivity contribution in [3.8, 4) is 5.75 Å². The normalized spacial score (nSPS) is 10.7. The molecule has 2 N–H and O–H groups in total. The molecular formula is C19H35Cl2N3O2. The highest BCUT2D eigenvalue weighted by atomic mass is 35.5.